The number of rotatable bonds is 5. The van der Waals surface area contributed by atoms with Gasteiger partial charge in [-0.3, -0.25) is 30.0 Å². The number of hydrogen-bond acceptors (Lipinski definition) is 6. The topological polar surface area (TPSA) is 122 Å². The number of carbonyl (C=O) groups excluding carboxylic acids is 5. The molecule has 1 saturated heterocycles. The lowest BCUT2D eigenvalue weighted by Gasteiger charge is -2.45. The van der Waals surface area contributed by atoms with E-state index in [1.54, 1.807) is 36.4 Å². The molecule has 2 bridgehead atoms. The van der Waals surface area contributed by atoms with Gasteiger partial charge in [0.2, 0.25) is 11.8 Å². The number of benzene rings is 4. The maximum Gasteiger partial charge on any atom is 0.338 e. The Morgan fingerprint density at radius 2 is 1.23 bits per heavy atom. The van der Waals surface area contributed by atoms with E-state index in [4.69, 9.17) is 4.74 Å². The third-order valence-corrected chi connectivity index (χ3v) is 9.07. The molecule has 1 fully saturated rings. The van der Waals surface area contributed by atoms with Crippen LogP contribution >= 0.6 is 15.9 Å². The highest BCUT2D eigenvalue weighted by atomic mass is 79.9. The van der Waals surface area contributed by atoms with Crippen molar-refractivity contribution in [1.29, 1.82) is 0 Å². The Kier molecular flexibility index (Phi) is 6.85. The van der Waals surface area contributed by atoms with Gasteiger partial charge in [-0.2, -0.15) is 0 Å². The Labute approximate surface area is 260 Å². The summed E-state index contributed by atoms with van der Waals surface area (Å²) in [4.78, 5) is 66.5. The van der Waals surface area contributed by atoms with Crippen LogP contribution in [0.15, 0.2) is 102 Å². The van der Waals surface area contributed by atoms with Crippen molar-refractivity contribution in [3.05, 3.63) is 135 Å². The summed E-state index contributed by atoms with van der Waals surface area (Å²) in [5.74, 6) is -4.29. The first-order valence-electron chi connectivity index (χ1n) is 14.0. The Hall–Kier alpha value is -5.09. The van der Waals surface area contributed by atoms with Crippen LogP contribution in [0, 0.1) is 11.8 Å². The second kappa shape index (κ2) is 10.9. The number of nitrogens with zero attached hydrogens (tertiary/aromatic N) is 1. The molecule has 1 aliphatic heterocycles. The van der Waals surface area contributed by atoms with E-state index in [2.05, 4.69) is 26.8 Å². The van der Waals surface area contributed by atoms with Crippen LogP contribution in [0.3, 0.4) is 0 Å². The molecule has 0 unspecified atom stereocenters. The zero-order valence-corrected chi connectivity index (χ0v) is 24.6. The Bertz CT molecular complexity index is 1760. The largest absolute Gasteiger partial charge is 0.452 e. The van der Waals surface area contributed by atoms with Gasteiger partial charge in [0.25, 0.3) is 11.8 Å². The Morgan fingerprint density at radius 1 is 0.682 bits per heavy atom. The van der Waals surface area contributed by atoms with Crippen molar-refractivity contribution in [3.8, 4) is 0 Å². The quantitative estimate of drug-likeness (QED) is 0.187. The predicted molar refractivity (Wildman–Crippen MR) is 163 cm³/mol. The van der Waals surface area contributed by atoms with Crippen molar-refractivity contribution in [3.63, 3.8) is 0 Å². The van der Waals surface area contributed by atoms with Gasteiger partial charge >= 0.3 is 5.97 Å². The first-order valence-corrected chi connectivity index (χ1v) is 14.8. The molecular weight excluding hydrogens is 626 g/mol. The van der Waals surface area contributed by atoms with Crippen LogP contribution < -0.4 is 15.8 Å². The molecule has 2 atom stereocenters. The number of esters is 1. The normalized spacial score (nSPS) is 20.8. The molecule has 0 radical (unpaired) electrons. The van der Waals surface area contributed by atoms with Gasteiger partial charge in [-0.15, -0.1) is 0 Å². The SMILES string of the molecule is O=C(COC(=O)c1cccc(N2C(=O)[C@@H]3C4c5ccccc5C(c5ccccc54)[C@@H]3C2=O)c1)NNC(=O)c1ccc(Br)cc1. The van der Waals surface area contributed by atoms with Crippen molar-refractivity contribution in [2.45, 2.75) is 11.8 Å². The number of hydrogen-bond donors (Lipinski definition) is 2. The molecule has 4 aliphatic rings. The second-order valence-electron chi connectivity index (χ2n) is 10.9. The molecule has 0 saturated carbocycles. The van der Waals surface area contributed by atoms with Crippen LogP contribution in [0.5, 0.6) is 0 Å². The fourth-order valence-electron chi connectivity index (χ4n) is 6.75. The summed E-state index contributed by atoms with van der Waals surface area (Å²) in [6.45, 7) is -0.657. The number of imide groups is 1. The monoisotopic (exact) mass is 649 g/mol. The minimum absolute atomic E-state index is 0.0687. The van der Waals surface area contributed by atoms with E-state index in [1.165, 1.54) is 17.0 Å². The van der Waals surface area contributed by atoms with E-state index in [-0.39, 0.29) is 34.9 Å². The number of ether oxygens (including phenoxy) is 1. The van der Waals surface area contributed by atoms with E-state index < -0.39 is 36.2 Å². The number of hydrazine groups is 1. The highest BCUT2D eigenvalue weighted by Crippen LogP contribution is 2.61. The van der Waals surface area contributed by atoms with Crippen LogP contribution in [0.4, 0.5) is 5.69 Å². The molecule has 9 nitrogen and oxygen atoms in total. The van der Waals surface area contributed by atoms with Gasteiger partial charge in [0.15, 0.2) is 6.61 Å². The van der Waals surface area contributed by atoms with E-state index in [0.717, 1.165) is 26.7 Å². The van der Waals surface area contributed by atoms with Crippen molar-refractivity contribution in [2.24, 2.45) is 11.8 Å². The average Bonchev–Trinajstić information content (AvgIpc) is 3.32. The number of halogens is 1. The van der Waals surface area contributed by atoms with Gasteiger partial charge < -0.3 is 4.74 Å². The van der Waals surface area contributed by atoms with Crippen LogP contribution in [0.2, 0.25) is 0 Å². The standard InChI is InChI=1S/C34H24BrN3O6/c35-20-14-12-18(13-15-20)31(40)37-36-26(39)17-44-34(43)19-6-5-7-21(16-19)38-32(41)29-27-22-8-1-2-9-23(22)28(30(29)33(38)42)25-11-4-3-10-24(25)27/h1-16,27-30H,17H2,(H,36,39)(H,37,40)/t27?,28?,29-,30+. The molecule has 10 heteroatoms. The zero-order valence-electron chi connectivity index (χ0n) is 23.0. The summed E-state index contributed by atoms with van der Waals surface area (Å²) in [6.07, 6.45) is 0. The summed E-state index contributed by atoms with van der Waals surface area (Å²) in [5.41, 5.74) is 9.42. The Balaban J connectivity index is 1.06. The summed E-state index contributed by atoms with van der Waals surface area (Å²) in [6, 6.07) is 28.6. The minimum atomic E-state index is -0.822. The molecule has 2 N–H and O–H groups in total. The summed E-state index contributed by atoms with van der Waals surface area (Å²) < 4.78 is 5.94. The lowest BCUT2D eigenvalue weighted by Crippen LogP contribution is -2.43. The number of nitrogens with one attached hydrogen (secondary N) is 2. The van der Waals surface area contributed by atoms with Crippen molar-refractivity contribution >= 4 is 51.2 Å². The highest BCUT2D eigenvalue weighted by molar-refractivity contribution is 9.10. The summed E-state index contributed by atoms with van der Waals surface area (Å²) in [5, 5.41) is 0. The number of amides is 4. The smallest absolute Gasteiger partial charge is 0.338 e. The summed E-state index contributed by atoms with van der Waals surface area (Å²) >= 11 is 3.29. The maximum atomic E-state index is 14.0. The first-order chi connectivity index (χ1) is 21.3. The van der Waals surface area contributed by atoms with Crippen molar-refractivity contribution < 1.29 is 28.7 Å². The molecule has 4 aromatic rings. The molecule has 1 heterocycles. The zero-order chi connectivity index (χ0) is 30.5. The van der Waals surface area contributed by atoms with E-state index in [1.807, 2.05) is 48.5 Å². The van der Waals surface area contributed by atoms with Gasteiger partial charge in [0.1, 0.15) is 0 Å². The first kappa shape index (κ1) is 27.7. The predicted octanol–water partition coefficient (Wildman–Crippen LogP) is 4.46. The minimum Gasteiger partial charge on any atom is -0.452 e. The highest BCUT2D eigenvalue weighted by Gasteiger charge is 2.61. The number of carbonyl (C=O) groups is 5. The molecule has 218 valence electrons. The lowest BCUT2D eigenvalue weighted by molar-refractivity contribution is -0.125. The molecule has 0 spiro atoms. The van der Waals surface area contributed by atoms with Crippen LogP contribution in [0.25, 0.3) is 0 Å². The third kappa shape index (κ3) is 4.49. The van der Waals surface area contributed by atoms with Crippen LogP contribution in [-0.4, -0.2) is 36.2 Å². The maximum absolute atomic E-state index is 14.0. The van der Waals surface area contributed by atoms with Gasteiger partial charge in [-0.05, 0) is 64.7 Å². The molecule has 8 rings (SSSR count). The van der Waals surface area contributed by atoms with Crippen LogP contribution in [0.1, 0.15) is 54.8 Å². The van der Waals surface area contributed by atoms with E-state index in [0.29, 0.717) is 5.56 Å². The molecular formula is C34H24BrN3O6. The van der Waals surface area contributed by atoms with E-state index >= 15 is 0 Å². The molecule has 3 aliphatic carbocycles. The van der Waals surface area contributed by atoms with Crippen molar-refractivity contribution in [2.75, 3.05) is 11.5 Å². The Morgan fingerprint density at radius 3 is 1.77 bits per heavy atom. The molecule has 44 heavy (non-hydrogen) atoms. The fourth-order valence-corrected chi connectivity index (χ4v) is 7.02. The lowest BCUT2D eigenvalue weighted by atomic mass is 9.55. The third-order valence-electron chi connectivity index (χ3n) is 8.54. The average molecular weight is 650 g/mol. The summed E-state index contributed by atoms with van der Waals surface area (Å²) in [7, 11) is 0. The van der Waals surface area contributed by atoms with Crippen LogP contribution in [-0.2, 0) is 19.1 Å². The van der Waals surface area contributed by atoms with Gasteiger partial charge in [0.05, 0.1) is 23.1 Å². The van der Waals surface area contributed by atoms with Crippen molar-refractivity contribution in [1.82, 2.24) is 10.9 Å². The fraction of sp³-hybridized carbons (Fsp3) is 0.147. The molecule has 0 aromatic heterocycles. The van der Waals surface area contributed by atoms with Gasteiger partial charge in [-0.1, -0.05) is 70.5 Å². The second-order valence-corrected chi connectivity index (χ2v) is 11.8. The number of anilines is 1. The van der Waals surface area contributed by atoms with Gasteiger partial charge in [0, 0.05) is 21.9 Å². The molecule has 4 amide bonds. The molecule has 4 aromatic carbocycles. The van der Waals surface area contributed by atoms with Gasteiger partial charge in [-0.25, -0.2) is 9.69 Å². The van der Waals surface area contributed by atoms with E-state index in [9.17, 15) is 24.0 Å².